The number of nitrogens with one attached hydrogen (secondary N) is 1. The van der Waals surface area contributed by atoms with Crippen LogP contribution in [0.2, 0.25) is 0 Å². The third kappa shape index (κ3) is 4.88. The van der Waals surface area contributed by atoms with E-state index in [1.807, 2.05) is 0 Å². The molecule has 4 nitrogen and oxygen atoms in total. The maximum absolute atomic E-state index is 12.3. The number of carbonyl (C=O) groups is 1. The van der Waals surface area contributed by atoms with Gasteiger partial charge in [0.2, 0.25) is 0 Å². The first kappa shape index (κ1) is 17.1. The summed E-state index contributed by atoms with van der Waals surface area (Å²) in [6, 6.07) is 8.83. The minimum atomic E-state index is -4.30. The van der Waals surface area contributed by atoms with Crippen LogP contribution in [0.1, 0.15) is 10.4 Å². The van der Waals surface area contributed by atoms with E-state index in [9.17, 15) is 22.8 Å². The molecule has 0 aliphatic heterocycles. The van der Waals surface area contributed by atoms with Crippen LogP contribution >= 0.6 is 11.8 Å². The normalized spacial score (nSPS) is 11.3. The minimum absolute atomic E-state index is 0.142. The maximum Gasteiger partial charge on any atom is 0.398 e. The van der Waals surface area contributed by atoms with Gasteiger partial charge in [-0.2, -0.15) is 13.2 Å². The van der Waals surface area contributed by atoms with Gasteiger partial charge in [0, 0.05) is 29.8 Å². The number of amides is 1. The number of benzene rings is 1. The summed E-state index contributed by atoms with van der Waals surface area (Å²) in [5, 5.41) is 2.53. The standard InChI is InChI=1S/C15H13F3N2O2S/c1-20-7-6-10(8-13(20)21)14(22)19-11-4-2-3-5-12(11)23-9-15(16,17)18/h2-8H,9H2,1H3,(H,19,22). The summed E-state index contributed by atoms with van der Waals surface area (Å²) in [6.07, 6.45) is -2.85. The Labute approximate surface area is 134 Å². The maximum atomic E-state index is 12.3. The van der Waals surface area contributed by atoms with Crippen molar-refractivity contribution in [3.8, 4) is 0 Å². The van der Waals surface area contributed by atoms with Gasteiger partial charge in [-0.3, -0.25) is 9.59 Å². The van der Waals surface area contributed by atoms with Crippen LogP contribution in [-0.4, -0.2) is 22.4 Å². The lowest BCUT2D eigenvalue weighted by molar-refractivity contribution is -0.105. The van der Waals surface area contributed by atoms with Crippen LogP contribution in [0.3, 0.4) is 0 Å². The van der Waals surface area contributed by atoms with E-state index < -0.39 is 17.8 Å². The van der Waals surface area contributed by atoms with Crippen molar-refractivity contribution in [1.82, 2.24) is 4.57 Å². The summed E-state index contributed by atoms with van der Waals surface area (Å²) in [6.45, 7) is 0. The lowest BCUT2D eigenvalue weighted by Crippen LogP contribution is -2.20. The molecule has 0 atom stereocenters. The summed E-state index contributed by atoms with van der Waals surface area (Å²) in [5.41, 5.74) is 0.0635. The van der Waals surface area contributed by atoms with E-state index in [0.29, 0.717) is 16.7 Å². The zero-order valence-electron chi connectivity index (χ0n) is 12.1. The van der Waals surface area contributed by atoms with E-state index in [-0.39, 0.29) is 16.8 Å². The molecule has 0 saturated carbocycles. The van der Waals surface area contributed by atoms with Gasteiger partial charge in [-0.25, -0.2) is 0 Å². The van der Waals surface area contributed by atoms with Crippen LogP contribution in [0.15, 0.2) is 52.3 Å². The molecule has 23 heavy (non-hydrogen) atoms. The Balaban J connectivity index is 2.17. The number of para-hydroxylation sites is 1. The Bertz CT molecular complexity index is 772. The summed E-state index contributed by atoms with van der Waals surface area (Å²) in [7, 11) is 1.55. The Kier molecular flexibility index (Phi) is 5.15. The monoisotopic (exact) mass is 342 g/mol. The van der Waals surface area contributed by atoms with E-state index in [2.05, 4.69) is 5.32 Å². The molecule has 0 aliphatic carbocycles. The summed E-state index contributed by atoms with van der Waals surface area (Å²) < 4.78 is 38.3. The number of halogens is 3. The van der Waals surface area contributed by atoms with Crippen LogP contribution in [-0.2, 0) is 7.05 Å². The topological polar surface area (TPSA) is 51.1 Å². The number of hydrogen-bond donors (Lipinski definition) is 1. The van der Waals surface area contributed by atoms with E-state index in [0.717, 1.165) is 0 Å². The fourth-order valence-electron chi connectivity index (χ4n) is 1.74. The number of aromatic nitrogens is 1. The van der Waals surface area contributed by atoms with E-state index in [4.69, 9.17) is 0 Å². The molecule has 0 saturated heterocycles. The highest BCUT2D eigenvalue weighted by Gasteiger charge is 2.27. The molecule has 0 fully saturated rings. The van der Waals surface area contributed by atoms with Gasteiger partial charge in [0.05, 0.1) is 11.4 Å². The third-order valence-corrected chi connectivity index (χ3v) is 4.03. The summed E-state index contributed by atoms with van der Waals surface area (Å²) in [4.78, 5) is 24.0. The van der Waals surface area contributed by atoms with Crippen molar-refractivity contribution in [2.75, 3.05) is 11.1 Å². The van der Waals surface area contributed by atoms with Crippen LogP contribution in [0.4, 0.5) is 18.9 Å². The van der Waals surface area contributed by atoms with Gasteiger partial charge in [0.15, 0.2) is 0 Å². The molecule has 1 aromatic heterocycles. The lowest BCUT2D eigenvalue weighted by Gasteiger charge is -2.12. The van der Waals surface area contributed by atoms with Gasteiger partial charge in [-0.15, -0.1) is 11.8 Å². The Morgan fingerprint density at radius 1 is 1.26 bits per heavy atom. The van der Waals surface area contributed by atoms with E-state index in [1.54, 1.807) is 19.2 Å². The highest BCUT2D eigenvalue weighted by Crippen LogP contribution is 2.32. The summed E-state index contributed by atoms with van der Waals surface area (Å²) >= 11 is 0.591. The molecule has 122 valence electrons. The Morgan fingerprint density at radius 2 is 1.96 bits per heavy atom. The number of thioether (sulfide) groups is 1. The first-order valence-corrected chi connectivity index (χ1v) is 7.51. The molecule has 2 rings (SSSR count). The zero-order chi connectivity index (χ0) is 17.0. The number of rotatable bonds is 4. The van der Waals surface area contributed by atoms with Gasteiger partial charge >= 0.3 is 6.18 Å². The van der Waals surface area contributed by atoms with Crippen molar-refractivity contribution in [2.24, 2.45) is 7.05 Å². The Hall–Kier alpha value is -2.22. The number of pyridine rings is 1. The van der Waals surface area contributed by atoms with Crippen molar-refractivity contribution >= 4 is 23.4 Å². The molecular formula is C15H13F3N2O2S. The second-order valence-corrected chi connectivity index (χ2v) is 5.74. The minimum Gasteiger partial charge on any atom is -0.321 e. The molecule has 0 aliphatic rings. The molecule has 0 unspecified atom stereocenters. The van der Waals surface area contributed by atoms with E-state index in [1.165, 1.54) is 35.0 Å². The average molecular weight is 342 g/mol. The lowest BCUT2D eigenvalue weighted by atomic mass is 10.2. The van der Waals surface area contributed by atoms with Crippen LogP contribution in [0, 0.1) is 0 Å². The molecule has 1 aromatic carbocycles. The van der Waals surface area contributed by atoms with Crippen molar-refractivity contribution < 1.29 is 18.0 Å². The van der Waals surface area contributed by atoms with Crippen molar-refractivity contribution in [3.63, 3.8) is 0 Å². The van der Waals surface area contributed by atoms with Gasteiger partial charge in [-0.05, 0) is 18.2 Å². The molecule has 2 aromatic rings. The number of aryl methyl sites for hydroxylation is 1. The highest BCUT2D eigenvalue weighted by atomic mass is 32.2. The fourth-order valence-corrected chi connectivity index (χ4v) is 2.51. The number of nitrogens with zero attached hydrogens (tertiary/aromatic N) is 1. The molecule has 0 radical (unpaired) electrons. The average Bonchev–Trinajstić information content (AvgIpc) is 2.48. The second-order valence-electron chi connectivity index (χ2n) is 4.72. The van der Waals surface area contributed by atoms with Gasteiger partial charge in [0.25, 0.3) is 11.5 Å². The van der Waals surface area contributed by atoms with Crippen molar-refractivity contribution in [2.45, 2.75) is 11.1 Å². The third-order valence-electron chi connectivity index (χ3n) is 2.89. The second kappa shape index (κ2) is 6.91. The zero-order valence-corrected chi connectivity index (χ0v) is 12.9. The van der Waals surface area contributed by atoms with Crippen LogP contribution < -0.4 is 10.9 Å². The first-order chi connectivity index (χ1) is 10.8. The molecular weight excluding hydrogens is 329 g/mol. The molecule has 1 N–H and O–H groups in total. The number of hydrogen-bond acceptors (Lipinski definition) is 3. The first-order valence-electron chi connectivity index (χ1n) is 6.53. The van der Waals surface area contributed by atoms with Crippen LogP contribution in [0.5, 0.6) is 0 Å². The largest absolute Gasteiger partial charge is 0.398 e. The van der Waals surface area contributed by atoms with Crippen LogP contribution in [0.25, 0.3) is 0 Å². The predicted molar refractivity (Wildman–Crippen MR) is 82.9 cm³/mol. The molecule has 8 heteroatoms. The van der Waals surface area contributed by atoms with Gasteiger partial charge in [0.1, 0.15) is 0 Å². The van der Waals surface area contributed by atoms with Gasteiger partial charge < -0.3 is 9.88 Å². The van der Waals surface area contributed by atoms with Crippen molar-refractivity contribution in [1.29, 1.82) is 0 Å². The molecule has 0 spiro atoms. The van der Waals surface area contributed by atoms with Crippen molar-refractivity contribution in [3.05, 3.63) is 58.5 Å². The molecule has 1 amide bonds. The van der Waals surface area contributed by atoms with Gasteiger partial charge in [-0.1, -0.05) is 12.1 Å². The number of alkyl halides is 3. The number of carbonyl (C=O) groups excluding carboxylic acids is 1. The smallest absolute Gasteiger partial charge is 0.321 e. The highest BCUT2D eigenvalue weighted by molar-refractivity contribution is 7.99. The Morgan fingerprint density at radius 3 is 2.61 bits per heavy atom. The summed E-state index contributed by atoms with van der Waals surface area (Å²) in [5.74, 6) is -1.60. The SMILES string of the molecule is Cn1ccc(C(=O)Nc2ccccc2SCC(F)(F)F)cc1=O. The number of anilines is 1. The fraction of sp³-hybridized carbons (Fsp3) is 0.200. The molecule has 0 bridgehead atoms. The molecule has 1 heterocycles. The predicted octanol–water partition coefficient (Wildman–Crippen LogP) is 3.29. The quantitative estimate of drug-likeness (QED) is 0.868. The van der Waals surface area contributed by atoms with E-state index >= 15 is 0 Å².